The number of aryl methyl sites for hydroxylation is 1. The zero-order valence-electron chi connectivity index (χ0n) is 12.4. The van der Waals surface area contributed by atoms with Gasteiger partial charge < -0.3 is 9.63 Å². The van der Waals surface area contributed by atoms with E-state index in [1.54, 1.807) is 6.92 Å². The Bertz CT molecular complexity index is 621. The monoisotopic (exact) mass is 289 g/mol. The lowest BCUT2D eigenvalue weighted by Gasteiger charge is -2.23. The Morgan fingerprint density at radius 2 is 2.05 bits per heavy atom. The van der Waals surface area contributed by atoms with Gasteiger partial charge in [0.25, 0.3) is 0 Å². The maximum Gasteiger partial charge on any atom is 0.323 e. The molecule has 6 nitrogen and oxygen atoms in total. The van der Waals surface area contributed by atoms with Crippen LogP contribution in [0.4, 0.5) is 0 Å². The lowest BCUT2D eigenvalue weighted by molar-refractivity contribution is -0.144. The molecule has 2 rings (SSSR count). The number of carboxylic acids is 1. The van der Waals surface area contributed by atoms with Crippen molar-refractivity contribution in [3.05, 3.63) is 35.7 Å². The van der Waals surface area contributed by atoms with Crippen molar-refractivity contribution >= 4 is 5.97 Å². The van der Waals surface area contributed by atoms with Gasteiger partial charge in [0.05, 0.1) is 6.54 Å². The number of aromatic nitrogens is 2. The molecule has 2 N–H and O–H groups in total. The van der Waals surface area contributed by atoms with Crippen LogP contribution in [0, 0.1) is 6.92 Å². The van der Waals surface area contributed by atoms with Crippen LogP contribution >= 0.6 is 0 Å². The summed E-state index contributed by atoms with van der Waals surface area (Å²) in [5.74, 6) is -0.0323. The van der Waals surface area contributed by atoms with Crippen molar-refractivity contribution in [2.45, 2.75) is 39.3 Å². The highest BCUT2D eigenvalue weighted by atomic mass is 16.5. The maximum atomic E-state index is 11.2. The molecule has 1 aromatic carbocycles. The number of hydrogen-bond acceptors (Lipinski definition) is 5. The molecule has 0 saturated carbocycles. The van der Waals surface area contributed by atoms with Gasteiger partial charge in [0, 0.05) is 5.56 Å². The molecule has 0 aliphatic heterocycles. The van der Waals surface area contributed by atoms with E-state index in [0.29, 0.717) is 18.1 Å². The van der Waals surface area contributed by atoms with Gasteiger partial charge in [-0.25, -0.2) is 0 Å². The molecule has 0 aliphatic carbocycles. The molecule has 0 amide bonds. The fourth-order valence-electron chi connectivity index (χ4n) is 1.77. The molecule has 0 spiro atoms. The molecule has 0 fully saturated rings. The normalized spacial score (nSPS) is 13.9. The first kappa shape index (κ1) is 15.2. The second kappa shape index (κ2) is 6.05. The van der Waals surface area contributed by atoms with Crippen molar-refractivity contribution in [1.82, 2.24) is 15.5 Å². The van der Waals surface area contributed by atoms with Gasteiger partial charge in [0.2, 0.25) is 11.7 Å². The van der Waals surface area contributed by atoms with E-state index >= 15 is 0 Å². The van der Waals surface area contributed by atoms with Crippen LogP contribution < -0.4 is 5.32 Å². The largest absolute Gasteiger partial charge is 0.480 e. The summed E-state index contributed by atoms with van der Waals surface area (Å²) in [4.78, 5) is 15.5. The average molecular weight is 289 g/mol. The molecule has 2 aromatic rings. The zero-order valence-corrected chi connectivity index (χ0v) is 12.4. The second-order valence-corrected chi connectivity index (χ2v) is 5.22. The number of hydrogen-bond donors (Lipinski definition) is 2. The number of nitrogens with one attached hydrogen (secondary N) is 1. The quantitative estimate of drug-likeness (QED) is 0.849. The summed E-state index contributed by atoms with van der Waals surface area (Å²) in [6, 6.07) is 7.79. The van der Waals surface area contributed by atoms with Crippen LogP contribution in [0.15, 0.2) is 28.8 Å². The first-order valence-corrected chi connectivity index (χ1v) is 6.82. The summed E-state index contributed by atoms with van der Waals surface area (Å²) < 4.78 is 5.15. The Labute approximate surface area is 123 Å². The van der Waals surface area contributed by atoms with Gasteiger partial charge in [-0.05, 0) is 20.3 Å². The molecule has 0 aliphatic rings. The van der Waals surface area contributed by atoms with E-state index in [1.807, 2.05) is 38.1 Å². The van der Waals surface area contributed by atoms with E-state index in [-0.39, 0.29) is 6.54 Å². The highest BCUT2D eigenvalue weighted by Crippen LogP contribution is 2.17. The van der Waals surface area contributed by atoms with Crippen molar-refractivity contribution < 1.29 is 14.4 Å². The van der Waals surface area contributed by atoms with Gasteiger partial charge in [-0.15, -0.1) is 0 Å². The predicted octanol–water partition coefficient (Wildman–Crippen LogP) is 2.39. The predicted molar refractivity (Wildman–Crippen MR) is 77.6 cm³/mol. The van der Waals surface area contributed by atoms with Gasteiger partial charge in [0.1, 0.15) is 5.54 Å². The van der Waals surface area contributed by atoms with Crippen LogP contribution in [0.3, 0.4) is 0 Å². The van der Waals surface area contributed by atoms with Crippen LogP contribution in [-0.2, 0) is 11.3 Å². The molecule has 112 valence electrons. The summed E-state index contributed by atoms with van der Waals surface area (Å²) in [6.45, 7) is 5.67. The highest BCUT2D eigenvalue weighted by Gasteiger charge is 2.30. The fourth-order valence-corrected chi connectivity index (χ4v) is 1.77. The van der Waals surface area contributed by atoms with Crippen LogP contribution in [0.1, 0.15) is 31.7 Å². The number of aliphatic carboxylic acids is 1. The molecule has 1 atom stereocenters. The zero-order chi connectivity index (χ0) is 15.5. The van der Waals surface area contributed by atoms with Gasteiger partial charge in [-0.2, -0.15) is 4.98 Å². The maximum absolute atomic E-state index is 11.2. The molecule has 0 radical (unpaired) electrons. The van der Waals surface area contributed by atoms with Gasteiger partial charge >= 0.3 is 5.97 Å². The topological polar surface area (TPSA) is 88.3 Å². The van der Waals surface area contributed by atoms with E-state index in [0.717, 1.165) is 11.1 Å². The molecule has 0 saturated heterocycles. The van der Waals surface area contributed by atoms with Gasteiger partial charge in [0.15, 0.2) is 0 Å². The minimum Gasteiger partial charge on any atom is -0.480 e. The van der Waals surface area contributed by atoms with Crippen LogP contribution in [-0.4, -0.2) is 26.8 Å². The van der Waals surface area contributed by atoms with E-state index in [1.165, 1.54) is 0 Å². The summed E-state index contributed by atoms with van der Waals surface area (Å²) in [5.41, 5.74) is 1.02. The van der Waals surface area contributed by atoms with Crippen molar-refractivity contribution in [2.24, 2.45) is 0 Å². The van der Waals surface area contributed by atoms with Crippen LogP contribution in [0.2, 0.25) is 0 Å². The number of benzene rings is 1. The average Bonchev–Trinajstić information content (AvgIpc) is 2.94. The summed E-state index contributed by atoms with van der Waals surface area (Å²) in [6.07, 6.45) is 0.460. The van der Waals surface area contributed by atoms with E-state index in [9.17, 15) is 9.90 Å². The van der Waals surface area contributed by atoms with E-state index < -0.39 is 11.5 Å². The minimum atomic E-state index is -1.00. The highest BCUT2D eigenvalue weighted by molar-refractivity contribution is 5.78. The molecule has 0 bridgehead atoms. The van der Waals surface area contributed by atoms with Crippen molar-refractivity contribution in [3.63, 3.8) is 0 Å². The third-order valence-corrected chi connectivity index (χ3v) is 3.59. The standard InChI is InChI=1S/C15H19N3O3/c1-4-15(3,14(19)20)16-9-12-17-13(18-21-12)11-7-5-10(2)6-8-11/h5-8,16H,4,9H2,1-3H3,(H,19,20). The number of carboxylic acid groups (broad SMARTS) is 1. The van der Waals surface area contributed by atoms with Gasteiger partial charge in [-0.1, -0.05) is 41.9 Å². The Kier molecular flexibility index (Phi) is 4.37. The van der Waals surface area contributed by atoms with Crippen LogP contribution in [0.25, 0.3) is 11.4 Å². The summed E-state index contributed by atoms with van der Waals surface area (Å²) >= 11 is 0. The van der Waals surface area contributed by atoms with Crippen molar-refractivity contribution in [3.8, 4) is 11.4 Å². The summed E-state index contributed by atoms with van der Waals surface area (Å²) in [5, 5.41) is 16.0. The van der Waals surface area contributed by atoms with E-state index in [2.05, 4.69) is 15.5 Å². The molecule has 1 aromatic heterocycles. The fraction of sp³-hybridized carbons (Fsp3) is 0.400. The molecule has 1 heterocycles. The second-order valence-electron chi connectivity index (χ2n) is 5.22. The molecule has 6 heteroatoms. The summed E-state index contributed by atoms with van der Waals surface area (Å²) in [7, 11) is 0. The number of carbonyl (C=O) groups is 1. The van der Waals surface area contributed by atoms with Gasteiger partial charge in [-0.3, -0.25) is 10.1 Å². The lowest BCUT2D eigenvalue weighted by Crippen LogP contribution is -2.48. The van der Waals surface area contributed by atoms with E-state index in [4.69, 9.17) is 4.52 Å². The van der Waals surface area contributed by atoms with Crippen molar-refractivity contribution in [1.29, 1.82) is 0 Å². The van der Waals surface area contributed by atoms with Crippen LogP contribution in [0.5, 0.6) is 0 Å². The number of nitrogens with zero attached hydrogens (tertiary/aromatic N) is 2. The SMILES string of the molecule is CCC(C)(NCc1nc(-c2ccc(C)cc2)no1)C(=O)O. The first-order chi connectivity index (χ1) is 9.94. The molecule has 21 heavy (non-hydrogen) atoms. The Hall–Kier alpha value is -2.21. The molecule has 1 unspecified atom stereocenters. The minimum absolute atomic E-state index is 0.218. The Morgan fingerprint density at radius 3 is 2.62 bits per heavy atom. The third-order valence-electron chi connectivity index (χ3n) is 3.59. The molecular formula is C15H19N3O3. The Balaban J connectivity index is 2.07. The lowest BCUT2D eigenvalue weighted by atomic mass is 9.99. The van der Waals surface area contributed by atoms with Crippen molar-refractivity contribution in [2.75, 3.05) is 0 Å². The smallest absolute Gasteiger partial charge is 0.323 e. The molecular weight excluding hydrogens is 270 g/mol. The Morgan fingerprint density at radius 1 is 1.38 bits per heavy atom. The number of rotatable bonds is 6. The first-order valence-electron chi connectivity index (χ1n) is 6.82. The third kappa shape index (κ3) is 3.46.